The largest absolute Gasteiger partial charge is 0.307 e. The van der Waals surface area contributed by atoms with Gasteiger partial charge in [-0.1, -0.05) is 432 Å². The molecule has 114 heavy (non-hydrogen) atoms. The molecule has 2 N–H and O–H groups in total. The van der Waals surface area contributed by atoms with Gasteiger partial charge in [0.2, 0.25) is 0 Å². The van der Waals surface area contributed by atoms with Crippen molar-refractivity contribution in [2.24, 2.45) is 0 Å². The van der Waals surface area contributed by atoms with Crippen molar-refractivity contribution in [1.29, 1.82) is 10.8 Å². The Hall–Kier alpha value is -8.54. The third-order valence-corrected chi connectivity index (χ3v) is 39.9. The monoisotopic (exact) mass is 1780 g/mol. The molecule has 0 fully saturated rings. The Morgan fingerprint density at radius 3 is 0.535 bits per heavy atom. The van der Waals surface area contributed by atoms with Gasteiger partial charge < -0.3 is 5.41 Å². The van der Waals surface area contributed by atoms with Gasteiger partial charge in [-0.05, 0) is 120 Å². The maximum absolute atomic E-state index is 7.81. The van der Waals surface area contributed by atoms with E-state index in [1.54, 1.807) is 24.3 Å². The van der Waals surface area contributed by atoms with Crippen LogP contribution < -0.4 is 63.7 Å². The Morgan fingerprint density at radius 2 is 0.412 bits per heavy atom. The first-order chi connectivity index (χ1) is 57.2. The fourth-order valence-electron chi connectivity index (χ4n) is 11.6. The number of pyridine rings is 2. The summed E-state index contributed by atoms with van der Waals surface area (Å²) >= 11 is -2.07. The van der Waals surface area contributed by atoms with E-state index >= 15 is 0 Å². The molecular weight excluding hydrogens is 1650 g/mol. The van der Waals surface area contributed by atoms with Crippen molar-refractivity contribution in [3.05, 3.63) is 425 Å². The minimum absolute atomic E-state index is 0. The average Bonchev–Trinajstić information content (AvgIpc) is 0.831. The van der Waals surface area contributed by atoms with Gasteiger partial charge in [0.25, 0.3) is 0 Å². The molecule has 0 radical (unpaired) electrons. The zero-order valence-electron chi connectivity index (χ0n) is 72.1. The topological polar surface area (TPSA) is 73.5 Å². The maximum Gasteiger partial charge on any atom is 0.0840 e. The van der Waals surface area contributed by atoms with Crippen LogP contribution in [0.5, 0.6) is 0 Å². The molecule has 2 heterocycles. The van der Waals surface area contributed by atoms with Gasteiger partial charge in [0.1, 0.15) is 0 Å². The molecule has 10 heteroatoms. The van der Waals surface area contributed by atoms with Crippen molar-refractivity contribution in [3.63, 3.8) is 0 Å². The number of aromatic nitrogens is 2. The van der Waals surface area contributed by atoms with Crippen LogP contribution in [0.4, 0.5) is 0 Å². The van der Waals surface area contributed by atoms with Crippen LogP contribution in [0.15, 0.2) is 419 Å². The van der Waals surface area contributed by atoms with Crippen LogP contribution in [0.2, 0.25) is 13.3 Å². The molecule has 2 aromatic heterocycles. The second-order valence-electron chi connectivity index (χ2n) is 24.4. The zero-order valence-corrected chi connectivity index (χ0v) is 77.1. The summed E-state index contributed by atoms with van der Waals surface area (Å²) in [7, 11) is -1.78. The quantitative estimate of drug-likeness (QED) is 0.0380. The first-order valence-corrected chi connectivity index (χ1v) is 53.4. The van der Waals surface area contributed by atoms with Crippen LogP contribution in [0.3, 0.4) is 0 Å². The average molecular weight is 1790 g/mol. The van der Waals surface area contributed by atoms with Gasteiger partial charge in [-0.3, -0.25) is 9.97 Å². The van der Waals surface area contributed by atoms with Crippen molar-refractivity contribution in [2.75, 3.05) is 0 Å². The molecule has 0 aliphatic rings. The van der Waals surface area contributed by atoms with Crippen LogP contribution in [0, 0.1) is 10.8 Å². The van der Waals surface area contributed by atoms with Crippen LogP contribution in [-0.2, 0) is 20.4 Å². The normalized spacial score (nSPS) is 10.2. The summed E-state index contributed by atoms with van der Waals surface area (Å²) in [6.45, 7) is 22.8. The number of nitrogens with one attached hydrogen (secondary N) is 2. The fraction of sp³-hybridized carbons (Fsp3) is 0.192. The van der Waals surface area contributed by atoms with Crippen LogP contribution in [0.25, 0.3) is 0 Å². The van der Waals surface area contributed by atoms with Crippen LogP contribution in [-0.4, -0.2) is 38.8 Å². The Bertz CT molecular complexity index is 3780. The van der Waals surface area contributed by atoms with Crippen molar-refractivity contribution in [3.8, 4) is 0 Å². The molecule has 14 rings (SSSR count). The molecule has 594 valence electrons. The Labute approximate surface area is 716 Å². The second-order valence-corrected chi connectivity index (χ2v) is 46.2. The minimum atomic E-state index is -2.07. The fourth-order valence-corrected chi connectivity index (χ4v) is 33.2. The van der Waals surface area contributed by atoms with Crippen molar-refractivity contribution in [2.45, 2.75) is 128 Å². The molecule has 4 nitrogen and oxygen atoms in total. The minimum Gasteiger partial charge on any atom is -0.307 e. The molecule has 0 atom stereocenters. The van der Waals surface area contributed by atoms with Gasteiger partial charge in [0.15, 0.2) is 0 Å². The first kappa shape index (κ1) is 94.3. The standard InChI is InChI=1S/4C18H15P.C6H6N2.C5H5N.3C4H9.4C2H6.CH2N.Pd.Sn/c4*1-4-10-16(11-5-1)19(17-12-6-2-7-13-17)18-14-8-3-9-15-18;7-5-6-3-1-2-4-8-6;1-2-4-6-5-3-1;3*1-3-4-2;5*1-2;;/h4*1-15H;1-5,7H;1-5H;3*1,3-4H2,2H3;4*1-2H3;1-2H;;/i;;;;4T;4T,5T;;;;;;;;;;. The molecule has 0 saturated heterocycles. The number of hydrogen-bond donors (Lipinski definition) is 2. The van der Waals surface area contributed by atoms with Crippen molar-refractivity contribution in [1.82, 2.24) is 9.97 Å². The molecule has 14 aromatic rings. The summed E-state index contributed by atoms with van der Waals surface area (Å²) in [4.78, 5) is 7.22. The van der Waals surface area contributed by atoms with E-state index in [1.165, 1.54) is 128 Å². The molecule has 0 spiro atoms. The summed E-state index contributed by atoms with van der Waals surface area (Å²) < 4.78 is 27.1. The smallest absolute Gasteiger partial charge is 0.0840 e. The summed E-state index contributed by atoms with van der Waals surface area (Å²) in [5.41, 5.74) is 0.530. The van der Waals surface area contributed by atoms with E-state index in [-0.39, 0.29) is 38.9 Å². The molecule has 12 aromatic carbocycles. The van der Waals surface area contributed by atoms with E-state index < -0.39 is 50.1 Å². The number of unbranched alkanes of at least 4 members (excludes halogenated alkanes) is 3. The van der Waals surface area contributed by atoms with E-state index in [1.807, 2.05) is 59.6 Å². The summed E-state index contributed by atoms with van der Waals surface area (Å²) in [6.07, 6.45) is 9.68. The summed E-state index contributed by atoms with van der Waals surface area (Å²) in [5, 5.41) is 31.4. The predicted molar refractivity (Wildman–Crippen MR) is 516 cm³/mol. The van der Waals surface area contributed by atoms with E-state index in [0.29, 0.717) is 5.69 Å². The van der Waals surface area contributed by atoms with Gasteiger partial charge in [0.05, 0.1) is 9.81 Å². The molecule has 0 aliphatic heterocycles. The van der Waals surface area contributed by atoms with Gasteiger partial charge >= 0.3 is 101 Å². The third kappa shape index (κ3) is 37.8. The van der Waals surface area contributed by atoms with Crippen molar-refractivity contribution < 1.29 is 24.5 Å². The maximum atomic E-state index is 7.81. The Kier molecular flexibility index (Phi) is 54.4. The molecule has 0 saturated carbocycles. The van der Waals surface area contributed by atoms with E-state index in [0.717, 1.165) is 6.21 Å². The van der Waals surface area contributed by atoms with E-state index in [4.69, 9.17) is 14.9 Å². The van der Waals surface area contributed by atoms with Crippen LogP contribution >= 0.6 is 31.7 Å². The summed E-state index contributed by atoms with van der Waals surface area (Å²) in [6, 6.07) is 139. The number of benzene rings is 12. The Balaban J connectivity index is 0.000000353. The molecule has 0 bridgehead atoms. The Morgan fingerprint density at radius 1 is 0.254 bits per heavy atom. The van der Waals surface area contributed by atoms with Gasteiger partial charge in [-0.25, -0.2) is 0 Å². The van der Waals surface area contributed by atoms with Crippen LogP contribution in [0.1, 0.15) is 124 Å². The van der Waals surface area contributed by atoms with E-state index in [2.05, 4.69) is 395 Å². The zero-order chi connectivity index (χ0) is 83.9. The SMILES string of the molecule is CC.CC.CC.CC.CCC[CH2][Sn]([CH]=N)([CH2]CCC)[CH2]CCC.[3H]c1cccc(C=N)n1.[3H]c1cccc([3H])n1.[Pd].c1ccc(P(c2ccccc2)c2ccccc2)cc1.c1ccc(P(c2ccccc2)c2ccccc2)cc1.c1ccc(P(c2ccccc2)c2ccccc2)cc1.c1ccc(P(c2ccccc2)c2ccccc2)cc1. The van der Waals surface area contributed by atoms with E-state index in [9.17, 15) is 0 Å². The number of rotatable bonds is 23. The molecule has 0 aliphatic carbocycles. The van der Waals surface area contributed by atoms with Gasteiger partial charge in [-0.2, -0.15) is 0 Å². The third-order valence-electron chi connectivity index (χ3n) is 16.8. The number of nitrogens with zero attached hydrogens (tertiary/aromatic N) is 2. The summed E-state index contributed by atoms with van der Waals surface area (Å²) in [5.74, 6) is 0. The predicted octanol–water partition coefficient (Wildman–Crippen LogP) is 25.1. The number of hydrogen-bond acceptors (Lipinski definition) is 4. The molecular formula is C104H124N4P4PdSn. The molecule has 0 amide bonds. The van der Waals surface area contributed by atoms with Gasteiger partial charge in [-0.15, -0.1) is 0 Å². The molecule has 0 unspecified atom stereocenters. The van der Waals surface area contributed by atoms with Crippen molar-refractivity contribution >= 4 is 124 Å². The first-order valence-electron chi connectivity index (χ1n) is 41.8. The second kappa shape index (κ2) is 65.7. The van der Waals surface area contributed by atoms with Gasteiger partial charge in [0, 0.05) is 45.2 Å².